The van der Waals surface area contributed by atoms with Gasteiger partial charge in [0.2, 0.25) is 0 Å². The Balaban J connectivity index is 2.42. The standard InChI is InChI=1S/C9H7F4N5/c10-5-1-2-6(7(14)3-5)8-15-16-17-18(8)4-9(11,12)13/h1-3H,4,14H2. The van der Waals surface area contributed by atoms with Crippen LogP contribution in [0.1, 0.15) is 0 Å². The molecule has 0 radical (unpaired) electrons. The average Bonchev–Trinajstić information content (AvgIpc) is 2.63. The molecular weight excluding hydrogens is 254 g/mol. The Morgan fingerprint density at radius 2 is 2.00 bits per heavy atom. The van der Waals surface area contributed by atoms with Gasteiger partial charge in [0.15, 0.2) is 5.82 Å². The smallest absolute Gasteiger partial charge is 0.398 e. The highest BCUT2D eigenvalue weighted by molar-refractivity contribution is 5.71. The van der Waals surface area contributed by atoms with Crippen molar-refractivity contribution in [3.8, 4) is 11.4 Å². The summed E-state index contributed by atoms with van der Waals surface area (Å²) in [6.07, 6.45) is -4.46. The van der Waals surface area contributed by atoms with Gasteiger partial charge in [-0.25, -0.2) is 9.07 Å². The summed E-state index contributed by atoms with van der Waals surface area (Å²) in [6, 6.07) is 3.28. The van der Waals surface area contributed by atoms with Crippen LogP contribution in [-0.2, 0) is 6.54 Å². The summed E-state index contributed by atoms with van der Waals surface area (Å²) in [5, 5.41) is 9.85. The van der Waals surface area contributed by atoms with E-state index in [1.807, 2.05) is 0 Å². The molecule has 0 bridgehead atoms. The number of hydrogen-bond acceptors (Lipinski definition) is 4. The fraction of sp³-hybridized carbons (Fsp3) is 0.222. The van der Waals surface area contributed by atoms with Crippen LogP contribution in [0.3, 0.4) is 0 Å². The molecule has 1 aromatic heterocycles. The van der Waals surface area contributed by atoms with Crippen molar-refractivity contribution in [1.29, 1.82) is 0 Å². The molecule has 0 aliphatic rings. The van der Waals surface area contributed by atoms with Gasteiger partial charge in [-0.05, 0) is 28.6 Å². The van der Waals surface area contributed by atoms with Crippen LogP contribution in [-0.4, -0.2) is 26.4 Å². The molecule has 1 heterocycles. The third-order valence-electron chi connectivity index (χ3n) is 2.12. The number of anilines is 1. The minimum absolute atomic E-state index is 0.0341. The van der Waals surface area contributed by atoms with Gasteiger partial charge in [-0.15, -0.1) is 5.10 Å². The maximum Gasteiger partial charge on any atom is 0.408 e. The number of nitrogen functional groups attached to an aromatic ring is 1. The van der Waals surface area contributed by atoms with Crippen LogP contribution in [0.15, 0.2) is 18.2 Å². The lowest BCUT2D eigenvalue weighted by Crippen LogP contribution is -2.19. The molecule has 0 fully saturated rings. The van der Waals surface area contributed by atoms with Crippen molar-refractivity contribution < 1.29 is 17.6 Å². The van der Waals surface area contributed by atoms with Gasteiger partial charge in [0.25, 0.3) is 0 Å². The molecule has 2 aromatic rings. The van der Waals surface area contributed by atoms with Crippen molar-refractivity contribution in [2.45, 2.75) is 12.7 Å². The Labute approximate surface area is 98.2 Å². The topological polar surface area (TPSA) is 69.6 Å². The molecule has 1 aromatic carbocycles. The maximum atomic E-state index is 12.8. The third kappa shape index (κ3) is 2.55. The number of nitrogens with zero attached hydrogens (tertiary/aromatic N) is 4. The zero-order valence-electron chi connectivity index (χ0n) is 8.82. The van der Waals surface area contributed by atoms with Crippen molar-refractivity contribution in [3.63, 3.8) is 0 Å². The molecule has 0 spiro atoms. The van der Waals surface area contributed by atoms with E-state index in [1.54, 1.807) is 0 Å². The lowest BCUT2D eigenvalue weighted by atomic mass is 10.1. The van der Waals surface area contributed by atoms with Crippen LogP contribution in [0.5, 0.6) is 0 Å². The van der Waals surface area contributed by atoms with Gasteiger partial charge in [-0.3, -0.25) is 0 Å². The van der Waals surface area contributed by atoms with Crippen molar-refractivity contribution in [1.82, 2.24) is 20.2 Å². The second-order valence-corrected chi connectivity index (χ2v) is 3.51. The van der Waals surface area contributed by atoms with Gasteiger partial charge in [-0.1, -0.05) is 0 Å². The molecule has 0 aliphatic carbocycles. The number of hydrogen-bond donors (Lipinski definition) is 1. The monoisotopic (exact) mass is 261 g/mol. The highest BCUT2D eigenvalue weighted by atomic mass is 19.4. The van der Waals surface area contributed by atoms with Crippen LogP contribution >= 0.6 is 0 Å². The molecule has 0 aliphatic heterocycles. The Kier molecular flexibility index (Phi) is 2.89. The van der Waals surface area contributed by atoms with E-state index in [1.165, 1.54) is 6.07 Å². The Hall–Kier alpha value is -2.19. The lowest BCUT2D eigenvalue weighted by molar-refractivity contribution is -0.142. The molecule has 5 nitrogen and oxygen atoms in total. The number of tetrazole rings is 1. The van der Waals surface area contributed by atoms with E-state index in [-0.39, 0.29) is 17.1 Å². The van der Waals surface area contributed by atoms with Gasteiger partial charge in [0.05, 0.1) is 0 Å². The van der Waals surface area contributed by atoms with Crippen LogP contribution in [0.25, 0.3) is 11.4 Å². The van der Waals surface area contributed by atoms with Gasteiger partial charge >= 0.3 is 6.18 Å². The first-order valence-electron chi connectivity index (χ1n) is 4.75. The van der Waals surface area contributed by atoms with Gasteiger partial charge in [0, 0.05) is 11.3 Å². The number of aromatic nitrogens is 4. The van der Waals surface area contributed by atoms with Gasteiger partial charge < -0.3 is 5.73 Å². The first-order valence-corrected chi connectivity index (χ1v) is 4.75. The van der Waals surface area contributed by atoms with Crippen molar-refractivity contribution in [2.24, 2.45) is 0 Å². The van der Waals surface area contributed by atoms with Crippen LogP contribution < -0.4 is 5.73 Å². The quantitative estimate of drug-likeness (QED) is 0.658. The SMILES string of the molecule is Nc1cc(F)ccc1-c1nnnn1CC(F)(F)F. The van der Waals surface area contributed by atoms with E-state index in [9.17, 15) is 17.6 Å². The van der Waals surface area contributed by atoms with E-state index in [0.29, 0.717) is 4.68 Å². The molecule has 18 heavy (non-hydrogen) atoms. The van der Waals surface area contributed by atoms with Crippen LogP contribution in [0.2, 0.25) is 0 Å². The highest BCUT2D eigenvalue weighted by Gasteiger charge is 2.30. The number of alkyl halides is 3. The molecule has 2 N–H and O–H groups in total. The molecule has 0 unspecified atom stereocenters. The lowest BCUT2D eigenvalue weighted by Gasteiger charge is -2.09. The second kappa shape index (κ2) is 4.24. The normalized spacial score (nSPS) is 11.8. The predicted molar refractivity (Wildman–Crippen MR) is 53.7 cm³/mol. The molecule has 96 valence electrons. The number of nitrogens with two attached hydrogens (primary N) is 1. The Morgan fingerprint density at radius 1 is 1.28 bits per heavy atom. The van der Waals surface area contributed by atoms with E-state index >= 15 is 0 Å². The molecule has 0 amide bonds. The average molecular weight is 261 g/mol. The fourth-order valence-electron chi connectivity index (χ4n) is 1.41. The van der Waals surface area contributed by atoms with Crippen LogP contribution in [0, 0.1) is 5.82 Å². The second-order valence-electron chi connectivity index (χ2n) is 3.51. The third-order valence-corrected chi connectivity index (χ3v) is 2.12. The minimum Gasteiger partial charge on any atom is -0.398 e. The van der Waals surface area contributed by atoms with Crippen molar-refractivity contribution >= 4 is 5.69 Å². The summed E-state index contributed by atoms with van der Waals surface area (Å²) in [5.41, 5.74) is 5.63. The fourth-order valence-corrected chi connectivity index (χ4v) is 1.41. The zero-order valence-corrected chi connectivity index (χ0v) is 8.82. The van der Waals surface area contributed by atoms with Gasteiger partial charge in [-0.2, -0.15) is 13.2 Å². The zero-order chi connectivity index (χ0) is 13.3. The van der Waals surface area contributed by atoms with E-state index in [4.69, 9.17) is 5.73 Å². The van der Waals surface area contributed by atoms with E-state index in [2.05, 4.69) is 15.5 Å². The van der Waals surface area contributed by atoms with Crippen molar-refractivity contribution in [3.05, 3.63) is 24.0 Å². The minimum atomic E-state index is -4.46. The summed E-state index contributed by atoms with van der Waals surface area (Å²) in [7, 11) is 0. The summed E-state index contributed by atoms with van der Waals surface area (Å²) in [4.78, 5) is 0. The molecule has 0 saturated carbocycles. The molecular formula is C9H7F4N5. The highest BCUT2D eigenvalue weighted by Crippen LogP contribution is 2.26. The summed E-state index contributed by atoms with van der Waals surface area (Å²) in [6.45, 7) is -1.34. The Bertz CT molecular complexity index is 562. The predicted octanol–water partition coefficient (Wildman–Crippen LogP) is 1.62. The summed E-state index contributed by atoms with van der Waals surface area (Å²) in [5.74, 6) is -0.754. The maximum absolute atomic E-state index is 12.8. The number of halogens is 4. The summed E-state index contributed by atoms with van der Waals surface area (Å²) >= 11 is 0. The van der Waals surface area contributed by atoms with Crippen molar-refractivity contribution in [2.75, 3.05) is 5.73 Å². The van der Waals surface area contributed by atoms with E-state index < -0.39 is 18.5 Å². The van der Waals surface area contributed by atoms with E-state index in [0.717, 1.165) is 12.1 Å². The van der Waals surface area contributed by atoms with Gasteiger partial charge in [0.1, 0.15) is 12.4 Å². The van der Waals surface area contributed by atoms with Crippen LogP contribution in [0.4, 0.5) is 23.2 Å². The first kappa shape index (κ1) is 12.3. The summed E-state index contributed by atoms with van der Waals surface area (Å²) < 4.78 is 50.2. The largest absolute Gasteiger partial charge is 0.408 e. The Morgan fingerprint density at radius 3 is 2.61 bits per heavy atom. The molecule has 9 heteroatoms. The molecule has 0 saturated heterocycles. The molecule has 0 atom stereocenters. The molecule has 2 rings (SSSR count). The number of benzene rings is 1. The first-order chi connectivity index (χ1) is 8.37. The number of rotatable bonds is 2.